The first kappa shape index (κ1) is 10.4. The molecule has 0 amide bonds. The van der Waals surface area contributed by atoms with Gasteiger partial charge in [-0.1, -0.05) is 33.1 Å². The van der Waals surface area contributed by atoms with Gasteiger partial charge in [-0.3, -0.25) is 5.32 Å². The molecule has 0 bridgehead atoms. The van der Waals surface area contributed by atoms with E-state index in [1.165, 1.54) is 32.1 Å². The van der Waals surface area contributed by atoms with E-state index in [4.69, 9.17) is 4.74 Å². The predicted octanol–water partition coefficient (Wildman–Crippen LogP) is 2.54. The normalized spacial score (nSPS) is 35.4. The Hall–Kier alpha value is -0.0800. The molecule has 0 radical (unpaired) electrons. The first-order valence-electron chi connectivity index (χ1n) is 6.15. The monoisotopic (exact) mass is 197 g/mol. The molecular weight excluding hydrogens is 174 g/mol. The highest BCUT2D eigenvalue weighted by Gasteiger charge is 2.32. The summed E-state index contributed by atoms with van der Waals surface area (Å²) in [5.74, 6) is 1.48. The fourth-order valence-electron chi connectivity index (χ4n) is 2.61. The van der Waals surface area contributed by atoms with Gasteiger partial charge in [-0.05, 0) is 24.7 Å². The maximum atomic E-state index is 5.86. The molecule has 2 heteroatoms. The van der Waals surface area contributed by atoms with Crippen LogP contribution in [0.15, 0.2) is 0 Å². The quantitative estimate of drug-likeness (QED) is 0.734. The summed E-state index contributed by atoms with van der Waals surface area (Å²) in [6.45, 7) is 5.45. The van der Waals surface area contributed by atoms with Crippen LogP contribution in [0.2, 0.25) is 0 Å². The lowest BCUT2D eigenvalue weighted by molar-refractivity contribution is 0.0365. The largest absolute Gasteiger partial charge is 0.361 e. The van der Waals surface area contributed by atoms with E-state index in [0.717, 1.165) is 12.5 Å². The van der Waals surface area contributed by atoms with Crippen molar-refractivity contribution in [1.29, 1.82) is 0 Å². The van der Waals surface area contributed by atoms with Crippen molar-refractivity contribution in [2.24, 2.45) is 11.8 Å². The van der Waals surface area contributed by atoms with E-state index in [1.54, 1.807) is 0 Å². The standard InChI is InChI=1S/C12H23NO/c1-9(2)11-8-14-12(13-11)10-6-4-3-5-7-10/h9-13H,3-8H2,1-2H3/t11-,12?/m1/s1. The van der Waals surface area contributed by atoms with Crippen molar-refractivity contribution in [3.05, 3.63) is 0 Å². The van der Waals surface area contributed by atoms with E-state index in [9.17, 15) is 0 Å². The number of nitrogens with one attached hydrogen (secondary N) is 1. The molecular formula is C12H23NO. The smallest absolute Gasteiger partial charge is 0.111 e. The average molecular weight is 197 g/mol. The maximum Gasteiger partial charge on any atom is 0.111 e. The summed E-state index contributed by atoms with van der Waals surface area (Å²) in [4.78, 5) is 0. The van der Waals surface area contributed by atoms with Crippen LogP contribution >= 0.6 is 0 Å². The molecule has 1 unspecified atom stereocenters. The van der Waals surface area contributed by atoms with E-state index in [0.29, 0.717) is 18.2 Å². The van der Waals surface area contributed by atoms with E-state index < -0.39 is 0 Å². The van der Waals surface area contributed by atoms with E-state index in [-0.39, 0.29) is 0 Å². The van der Waals surface area contributed by atoms with Gasteiger partial charge in [0.2, 0.25) is 0 Å². The Kier molecular flexibility index (Phi) is 3.45. The van der Waals surface area contributed by atoms with Gasteiger partial charge in [-0.15, -0.1) is 0 Å². The summed E-state index contributed by atoms with van der Waals surface area (Å²) in [5.41, 5.74) is 0. The highest BCUT2D eigenvalue weighted by molar-refractivity contribution is 4.83. The Labute approximate surface area is 87.4 Å². The molecule has 1 heterocycles. The Morgan fingerprint density at radius 3 is 2.43 bits per heavy atom. The number of hydrogen-bond acceptors (Lipinski definition) is 2. The molecule has 2 atom stereocenters. The number of ether oxygens (including phenoxy) is 1. The van der Waals surface area contributed by atoms with Gasteiger partial charge in [0, 0.05) is 6.04 Å². The summed E-state index contributed by atoms with van der Waals surface area (Å²) in [6.07, 6.45) is 7.32. The van der Waals surface area contributed by atoms with Gasteiger partial charge in [0.15, 0.2) is 0 Å². The molecule has 2 rings (SSSR count). The van der Waals surface area contributed by atoms with Gasteiger partial charge < -0.3 is 4.74 Å². The summed E-state index contributed by atoms with van der Waals surface area (Å²) in [6, 6.07) is 0.585. The molecule has 2 nitrogen and oxygen atoms in total. The van der Waals surface area contributed by atoms with Crippen LogP contribution in [0.4, 0.5) is 0 Å². The topological polar surface area (TPSA) is 21.3 Å². The van der Waals surface area contributed by atoms with Crippen LogP contribution in [0.1, 0.15) is 46.0 Å². The van der Waals surface area contributed by atoms with E-state index in [2.05, 4.69) is 19.2 Å². The lowest BCUT2D eigenvalue weighted by Gasteiger charge is -2.27. The van der Waals surface area contributed by atoms with Crippen LogP contribution in [-0.4, -0.2) is 18.9 Å². The van der Waals surface area contributed by atoms with E-state index >= 15 is 0 Å². The molecule has 1 aliphatic carbocycles. The molecule has 1 aliphatic heterocycles. The zero-order valence-electron chi connectivity index (χ0n) is 9.46. The van der Waals surface area contributed by atoms with Crippen molar-refractivity contribution < 1.29 is 4.74 Å². The molecule has 82 valence electrons. The highest BCUT2D eigenvalue weighted by atomic mass is 16.5. The third-order valence-corrected chi connectivity index (χ3v) is 3.72. The third-order valence-electron chi connectivity index (χ3n) is 3.72. The van der Waals surface area contributed by atoms with Gasteiger partial charge >= 0.3 is 0 Å². The van der Waals surface area contributed by atoms with Crippen molar-refractivity contribution in [1.82, 2.24) is 5.32 Å². The molecule has 0 aromatic carbocycles. The van der Waals surface area contributed by atoms with Crippen LogP contribution in [0.25, 0.3) is 0 Å². The first-order chi connectivity index (χ1) is 6.77. The van der Waals surface area contributed by atoms with Crippen LogP contribution in [0.3, 0.4) is 0 Å². The van der Waals surface area contributed by atoms with Gasteiger partial charge in [0.05, 0.1) is 6.61 Å². The molecule has 1 saturated carbocycles. The van der Waals surface area contributed by atoms with Crippen molar-refractivity contribution in [3.63, 3.8) is 0 Å². The lowest BCUT2D eigenvalue weighted by Crippen LogP contribution is -2.39. The average Bonchev–Trinajstić information content (AvgIpc) is 2.68. The molecule has 0 aromatic rings. The third kappa shape index (κ3) is 2.29. The minimum Gasteiger partial charge on any atom is -0.361 e. The molecule has 0 aromatic heterocycles. The molecule has 14 heavy (non-hydrogen) atoms. The zero-order valence-corrected chi connectivity index (χ0v) is 9.46. The van der Waals surface area contributed by atoms with Crippen molar-refractivity contribution in [2.75, 3.05) is 6.61 Å². The highest BCUT2D eigenvalue weighted by Crippen LogP contribution is 2.29. The number of hydrogen-bond donors (Lipinski definition) is 1. The van der Waals surface area contributed by atoms with Gasteiger partial charge in [0.25, 0.3) is 0 Å². The molecule has 1 saturated heterocycles. The molecule has 1 N–H and O–H groups in total. The lowest BCUT2D eigenvalue weighted by atomic mass is 9.88. The zero-order chi connectivity index (χ0) is 9.97. The second-order valence-corrected chi connectivity index (χ2v) is 5.17. The molecule has 2 fully saturated rings. The van der Waals surface area contributed by atoms with Gasteiger partial charge in [0.1, 0.15) is 6.23 Å². The number of rotatable bonds is 2. The van der Waals surface area contributed by atoms with Crippen molar-refractivity contribution >= 4 is 0 Å². The predicted molar refractivity (Wildman–Crippen MR) is 58.1 cm³/mol. The fraction of sp³-hybridized carbons (Fsp3) is 1.00. The Morgan fingerprint density at radius 2 is 1.86 bits per heavy atom. The van der Waals surface area contributed by atoms with Crippen LogP contribution in [0, 0.1) is 11.8 Å². The van der Waals surface area contributed by atoms with Crippen molar-refractivity contribution in [3.8, 4) is 0 Å². The van der Waals surface area contributed by atoms with E-state index in [1.807, 2.05) is 0 Å². The molecule has 0 spiro atoms. The van der Waals surface area contributed by atoms with Gasteiger partial charge in [-0.25, -0.2) is 0 Å². The summed E-state index contributed by atoms with van der Waals surface area (Å²) in [5, 5.41) is 3.64. The Balaban J connectivity index is 1.82. The van der Waals surface area contributed by atoms with Crippen molar-refractivity contribution in [2.45, 2.75) is 58.2 Å². The molecule has 2 aliphatic rings. The minimum absolute atomic E-state index is 0.364. The summed E-state index contributed by atoms with van der Waals surface area (Å²) in [7, 11) is 0. The summed E-state index contributed by atoms with van der Waals surface area (Å²) >= 11 is 0. The van der Waals surface area contributed by atoms with Gasteiger partial charge in [-0.2, -0.15) is 0 Å². The SMILES string of the molecule is CC(C)[C@H]1COC(C2CCCCC2)N1. The van der Waals surface area contributed by atoms with Crippen LogP contribution < -0.4 is 5.32 Å². The Morgan fingerprint density at radius 1 is 1.14 bits per heavy atom. The van der Waals surface area contributed by atoms with Crippen LogP contribution in [0.5, 0.6) is 0 Å². The summed E-state index contributed by atoms with van der Waals surface area (Å²) < 4.78 is 5.86. The minimum atomic E-state index is 0.364. The second kappa shape index (κ2) is 4.63. The maximum absolute atomic E-state index is 5.86. The fourth-order valence-corrected chi connectivity index (χ4v) is 2.61. The second-order valence-electron chi connectivity index (χ2n) is 5.17. The first-order valence-corrected chi connectivity index (χ1v) is 6.15. The van der Waals surface area contributed by atoms with Crippen LogP contribution in [-0.2, 0) is 4.74 Å². The Bertz CT molecular complexity index is 175.